The van der Waals surface area contributed by atoms with Crippen molar-refractivity contribution in [2.45, 2.75) is 76.1 Å². The predicted octanol–water partition coefficient (Wildman–Crippen LogP) is 2.55. The summed E-state index contributed by atoms with van der Waals surface area (Å²) < 4.78 is 50.9. The Morgan fingerprint density at radius 1 is 0.500 bits per heavy atom. The summed E-state index contributed by atoms with van der Waals surface area (Å²) in [7, 11) is 0. The molecule has 3 aromatic rings. The highest BCUT2D eigenvalue weighted by molar-refractivity contribution is 5.91. The van der Waals surface area contributed by atoms with Gasteiger partial charge in [-0.05, 0) is 36.4 Å². The van der Waals surface area contributed by atoms with Crippen molar-refractivity contribution in [3.05, 3.63) is 108 Å². The number of aliphatic hydroxyl groups excluding tert-OH is 1. The Balaban J connectivity index is 1.45. The molecule has 286 valence electrons. The molecule has 2 fully saturated rings. The summed E-state index contributed by atoms with van der Waals surface area (Å²) in [5, 5.41) is 10.8. The van der Waals surface area contributed by atoms with Gasteiger partial charge in [0.15, 0.2) is 43.1 Å². The van der Waals surface area contributed by atoms with E-state index in [1.807, 2.05) is 0 Å². The number of rotatable bonds is 13. The Morgan fingerprint density at radius 3 is 1.41 bits per heavy atom. The molecule has 16 heteroatoms. The maximum absolute atomic E-state index is 13.4. The molecule has 0 aliphatic carbocycles. The SMILES string of the molecule is CC(=O)O[C@@H]1[C@@H](OC(C)=O)[C@H](CO[C@@H]2O[C@@H](COC(=O)c3ccccc3)[C@H](OC(=O)c3ccccc3)[C@@H]2OC(=O)c2ccccc2)O[C@H](O)[C@H]1OC(C)=O. The van der Waals surface area contributed by atoms with Crippen molar-refractivity contribution in [2.75, 3.05) is 13.2 Å². The average molecular weight is 751 g/mol. The zero-order valence-electron chi connectivity index (χ0n) is 29.3. The van der Waals surface area contributed by atoms with Gasteiger partial charge in [0.25, 0.3) is 0 Å². The zero-order valence-corrected chi connectivity index (χ0v) is 29.3. The Kier molecular flexibility index (Phi) is 13.5. The molecule has 16 nitrogen and oxygen atoms in total. The molecule has 0 aromatic heterocycles. The molecule has 2 aliphatic rings. The first-order valence-corrected chi connectivity index (χ1v) is 16.8. The monoisotopic (exact) mass is 750 g/mol. The fourth-order valence-electron chi connectivity index (χ4n) is 5.77. The van der Waals surface area contributed by atoms with Crippen LogP contribution in [-0.2, 0) is 57.0 Å². The van der Waals surface area contributed by atoms with E-state index in [1.165, 1.54) is 36.4 Å². The van der Waals surface area contributed by atoms with E-state index in [-0.39, 0.29) is 16.7 Å². The molecule has 9 atom stereocenters. The molecule has 0 amide bonds. The van der Waals surface area contributed by atoms with Crippen molar-refractivity contribution < 1.29 is 76.5 Å². The summed E-state index contributed by atoms with van der Waals surface area (Å²) in [6, 6.07) is 23.9. The van der Waals surface area contributed by atoms with Gasteiger partial charge in [-0.1, -0.05) is 54.6 Å². The van der Waals surface area contributed by atoms with Crippen LogP contribution < -0.4 is 0 Å². The van der Waals surface area contributed by atoms with E-state index in [2.05, 4.69) is 0 Å². The first-order chi connectivity index (χ1) is 25.9. The van der Waals surface area contributed by atoms with E-state index >= 15 is 0 Å². The summed E-state index contributed by atoms with van der Waals surface area (Å²) in [6.45, 7) is 2.09. The maximum atomic E-state index is 13.4. The molecule has 0 spiro atoms. The van der Waals surface area contributed by atoms with E-state index in [9.17, 15) is 33.9 Å². The van der Waals surface area contributed by atoms with E-state index < -0.39 is 104 Å². The van der Waals surface area contributed by atoms with Crippen molar-refractivity contribution in [1.29, 1.82) is 0 Å². The van der Waals surface area contributed by atoms with E-state index in [0.29, 0.717) is 0 Å². The summed E-state index contributed by atoms with van der Waals surface area (Å²) in [5.74, 6) is -4.94. The van der Waals surface area contributed by atoms with Crippen molar-refractivity contribution in [3.63, 3.8) is 0 Å². The standard InChI is InChI=1S/C38H38O16/c1-21(39)48-29-27(51-37(45)32(50-23(3)41)31(29)49-22(2)40)20-47-38-33(54-36(44)26-17-11-6-12-18-26)30(53-35(43)25-15-9-5-10-16-25)28(52-38)19-46-34(42)24-13-7-4-8-14-24/h4-18,27-33,37-38,45H,19-20H2,1-3H3/t27-,28-,29-,30-,31+,32-,33-,37-,38+/m0/s1. The lowest BCUT2D eigenvalue weighted by Crippen LogP contribution is -2.62. The number of hydrogen-bond donors (Lipinski definition) is 1. The maximum Gasteiger partial charge on any atom is 0.338 e. The highest BCUT2D eigenvalue weighted by Crippen LogP contribution is 2.33. The third-order valence-electron chi connectivity index (χ3n) is 8.10. The molecular formula is C38H38O16. The summed E-state index contributed by atoms with van der Waals surface area (Å²) in [6.07, 6.45) is -13.7. The first kappa shape index (κ1) is 39.5. The van der Waals surface area contributed by atoms with Crippen molar-refractivity contribution in [2.24, 2.45) is 0 Å². The van der Waals surface area contributed by atoms with Crippen LogP contribution in [0.4, 0.5) is 0 Å². The van der Waals surface area contributed by atoms with Crippen LogP contribution in [-0.4, -0.2) is 109 Å². The van der Waals surface area contributed by atoms with Crippen LogP contribution in [0.3, 0.4) is 0 Å². The quantitative estimate of drug-likeness (QED) is 0.197. The predicted molar refractivity (Wildman–Crippen MR) is 180 cm³/mol. The van der Waals surface area contributed by atoms with Crippen molar-refractivity contribution in [1.82, 2.24) is 0 Å². The summed E-state index contributed by atoms with van der Waals surface area (Å²) >= 11 is 0. The van der Waals surface area contributed by atoms with Gasteiger partial charge in [0.1, 0.15) is 18.8 Å². The number of esters is 6. The Bertz CT molecular complexity index is 1770. The molecule has 2 saturated heterocycles. The number of aliphatic hydroxyl groups is 1. The minimum absolute atomic E-state index is 0.137. The Labute approximate surface area is 309 Å². The number of benzene rings is 3. The van der Waals surface area contributed by atoms with Gasteiger partial charge in [-0.2, -0.15) is 0 Å². The lowest BCUT2D eigenvalue weighted by Gasteiger charge is -2.42. The Morgan fingerprint density at radius 2 is 0.907 bits per heavy atom. The lowest BCUT2D eigenvalue weighted by atomic mass is 9.98. The minimum Gasteiger partial charge on any atom is -0.459 e. The van der Waals surface area contributed by atoms with Crippen LogP contribution in [0.5, 0.6) is 0 Å². The molecule has 0 bridgehead atoms. The van der Waals surface area contributed by atoms with Crippen LogP contribution in [0.1, 0.15) is 51.8 Å². The zero-order chi connectivity index (χ0) is 38.8. The smallest absolute Gasteiger partial charge is 0.338 e. The van der Waals surface area contributed by atoms with Gasteiger partial charge >= 0.3 is 35.8 Å². The highest BCUT2D eigenvalue weighted by atomic mass is 16.8. The molecule has 5 rings (SSSR count). The Hall–Kier alpha value is -5.68. The lowest BCUT2D eigenvalue weighted by molar-refractivity contribution is -0.304. The van der Waals surface area contributed by atoms with Gasteiger partial charge in [0, 0.05) is 20.8 Å². The van der Waals surface area contributed by atoms with Crippen molar-refractivity contribution in [3.8, 4) is 0 Å². The fraction of sp³-hybridized carbons (Fsp3) is 0.368. The third kappa shape index (κ3) is 10.3. The second kappa shape index (κ2) is 18.4. The van der Waals surface area contributed by atoms with Gasteiger partial charge in [-0.3, -0.25) is 14.4 Å². The van der Waals surface area contributed by atoms with E-state index in [1.54, 1.807) is 54.6 Å². The molecule has 54 heavy (non-hydrogen) atoms. The molecule has 3 aromatic carbocycles. The number of ether oxygens (including phenoxy) is 9. The van der Waals surface area contributed by atoms with Crippen LogP contribution in [0.15, 0.2) is 91.0 Å². The van der Waals surface area contributed by atoms with Crippen LogP contribution in [0.2, 0.25) is 0 Å². The van der Waals surface area contributed by atoms with Gasteiger partial charge in [0.05, 0.1) is 23.3 Å². The number of hydrogen-bond acceptors (Lipinski definition) is 16. The molecule has 0 radical (unpaired) electrons. The molecule has 2 heterocycles. The minimum atomic E-state index is -1.89. The largest absolute Gasteiger partial charge is 0.459 e. The highest BCUT2D eigenvalue weighted by Gasteiger charge is 2.54. The van der Waals surface area contributed by atoms with Gasteiger partial charge in [0.2, 0.25) is 0 Å². The van der Waals surface area contributed by atoms with Crippen LogP contribution in [0.25, 0.3) is 0 Å². The summed E-state index contributed by atoms with van der Waals surface area (Å²) in [4.78, 5) is 75.9. The van der Waals surface area contributed by atoms with Gasteiger partial charge < -0.3 is 47.7 Å². The molecule has 1 N–H and O–H groups in total. The van der Waals surface area contributed by atoms with E-state index in [4.69, 9.17) is 42.6 Å². The number of carbonyl (C=O) groups excluding carboxylic acids is 6. The normalized spacial score (nSPS) is 26.1. The summed E-state index contributed by atoms with van der Waals surface area (Å²) in [5.41, 5.74) is 0.521. The van der Waals surface area contributed by atoms with Gasteiger partial charge in [-0.15, -0.1) is 0 Å². The number of carbonyl (C=O) groups is 6. The topological polar surface area (TPSA) is 206 Å². The fourth-order valence-corrected chi connectivity index (χ4v) is 5.77. The van der Waals surface area contributed by atoms with Crippen LogP contribution >= 0.6 is 0 Å². The average Bonchev–Trinajstić information content (AvgIpc) is 3.47. The molecule has 0 unspecified atom stereocenters. The molecular weight excluding hydrogens is 712 g/mol. The first-order valence-electron chi connectivity index (χ1n) is 16.8. The van der Waals surface area contributed by atoms with Crippen molar-refractivity contribution >= 4 is 35.8 Å². The molecule has 2 aliphatic heterocycles. The third-order valence-corrected chi connectivity index (χ3v) is 8.10. The van der Waals surface area contributed by atoms with Crippen LogP contribution in [0, 0.1) is 0 Å². The van der Waals surface area contributed by atoms with E-state index in [0.717, 1.165) is 20.8 Å². The second-order valence-electron chi connectivity index (χ2n) is 12.1. The second-order valence-corrected chi connectivity index (χ2v) is 12.1. The molecule has 0 saturated carbocycles. The van der Waals surface area contributed by atoms with Gasteiger partial charge in [-0.25, -0.2) is 14.4 Å².